The predicted molar refractivity (Wildman–Crippen MR) is 75.4 cm³/mol. The van der Waals surface area contributed by atoms with E-state index in [1.165, 1.54) is 12.8 Å². The SMILES string of the molecule is CNC(Cc1cn(C)nn1)CC(C)CC(C)(C)C. The van der Waals surface area contributed by atoms with E-state index in [1.54, 1.807) is 4.68 Å². The van der Waals surface area contributed by atoms with E-state index in [9.17, 15) is 0 Å². The van der Waals surface area contributed by atoms with Gasteiger partial charge >= 0.3 is 0 Å². The first kappa shape index (κ1) is 15.2. The molecule has 0 amide bonds. The summed E-state index contributed by atoms with van der Waals surface area (Å²) in [6.07, 6.45) is 5.40. The van der Waals surface area contributed by atoms with Gasteiger partial charge in [0.25, 0.3) is 0 Å². The van der Waals surface area contributed by atoms with E-state index in [2.05, 4.69) is 43.3 Å². The van der Waals surface area contributed by atoms with E-state index in [0.29, 0.717) is 11.5 Å². The zero-order valence-electron chi connectivity index (χ0n) is 12.7. The van der Waals surface area contributed by atoms with Crippen LogP contribution in [0, 0.1) is 11.3 Å². The normalized spacial score (nSPS) is 15.7. The summed E-state index contributed by atoms with van der Waals surface area (Å²) >= 11 is 0. The maximum absolute atomic E-state index is 4.16. The number of likely N-dealkylation sites (N-methyl/N-ethyl adjacent to an activating group) is 1. The fourth-order valence-corrected chi connectivity index (χ4v) is 2.66. The molecule has 2 atom stereocenters. The minimum atomic E-state index is 0.407. The summed E-state index contributed by atoms with van der Waals surface area (Å²) in [7, 11) is 3.94. The molecule has 1 N–H and O–H groups in total. The average Bonchev–Trinajstić information content (AvgIpc) is 2.60. The number of nitrogens with one attached hydrogen (secondary N) is 1. The van der Waals surface area contributed by atoms with Crippen LogP contribution in [0.15, 0.2) is 6.20 Å². The van der Waals surface area contributed by atoms with Gasteiger partial charge in [0.2, 0.25) is 0 Å². The molecule has 4 nitrogen and oxygen atoms in total. The van der Waals surface area contributed by atoms with Crippen molar-refractivity contribution in [1.29, 1.82) is 0 Å². The third-order valence-electron chi connectivity index (χ3n) is 3.16. The van der Waals surface area contributed by atoms with Crippen molar-refractivity contribution >= 4 is 0 Å². The molecule has 0 bridgehead atoms. The number of nitrogens with zero attached hydrogens (tertiary/aromatic N) is 3. The maximum Gasteiger partial charge on any atom is 0.0842 e. The molecular weight excluding hydrogens is 224 g/mol. The van der Waals surface area contributed by atoms with Crippen LogP contribution in [0.25, 0.3) is 0 Å². The molecule has 4 heteroatoms. The molecular formula is C14H28N4. The molecule has 0 fully saturated rings. The molecule has 0 aliphatic carbocycles. The molecule has 1 aromatic rings. The Labute approximate surface area is 111 Å². The van der Waals surface area contributed by atoms with Gasteiger partial charge in [-0.15, -0.1) is 5.10 Å². The molecule has 0 spiro atoms. The first-order valence-electron chi connectivity index (χ1n) is 6.82. The minimum absolute atomic E-state index is 0.407. The monoisotopic (exact) mass is 252 g/mol. The van der Waals surface area contributed by atoms with Gasteiger partial charge in [0, 0.05) is 25.7 Å². The highest BCUT2D eigenvalue weighted by atomic mass is 15.4. The summed E-state index contributed by atoms with van der Waals surface area (Å²) in [5.41, 5.74) is 1.48. The summed E-state index contributed by atoms with van der Waals surface area (Å²) in [5, 5.41) is 11.5. The minimum Gasteiger partial charge on any atom is -0.317 e. The van der Waals surface area contributed by atoms with Crippen molar-refractivity contribution in [3.8, 4) is 0 Å². The van der Waals surface area contributed by atoms with Crippen molar-refractivity contribution in [2.45, 2.75) is 53.0 Å². The quantitative estimate of drug-likeness (QED) is 0.845. The standard InChI is InChI=1S/C14H28N4/c1-11(9-14(2,3)4)7-12(15-5)8-13-10-18(6)17-16-13/h10-12,15H,7-9H2,1-6H3. The lowest BCUT2D eigenvalue weighted by Crippen LogP contribution is -2.30. The van der Waals surface area contributed by atoms with Gasteiger partial charge in [0.15, 0.2) is 0 Å². The van der Waals surface area contributed by atoms with E-state index < -0.39 is 0 Å². The third kappa shape index (κ3) is 5.63. The topological polar surface area (TPSA) is 42.7 Å². The van der Waals surface area contributed by atoms with Crippen molar-refractivity contribution in [2.75, 3.05) is 7.05 Å². The lowest BCUT2D eigenvalue weighted by molar-refractivity contribution is 0.277. The van der Waals surface area contributed by atoms with Gasteiger partial charge in [-0.2, -0.15) is 0 Å². The lowest BCUT2D eigenvalue weighted by Gasteiger charge is -2.26. The molecule has 0 saturated heterocycles. The lowest BCUT2D eigenvalue weighted by atomic mass is 9.82. The summed E-state index contributed by atoms with van der Waals surface area (Å²) < 4.78 is 1.76. The average molecular weight is 252 g/mol. The Morgan fingerprint density at radius 2 is 2.06 bits per heavy atom. The fraction of sp³-hybridized carbons (Fsp3) is 0.857. The van der Waals surface area contributed by atoms with Gasteiger partial charge in [-0.1, -0.05) is 32.9 Å². The van der Waals surface area contributed by atoms with Crippen molar-refractivity contribution in [3.05, 3.63) is 11.9 Å². The van der Waals surface area contributed by atoms with Crippen LogP contribution in [0.4, 0.5) is 0 Å². The second-order valence-electron chi connectivity index (χ2n) is 6.68. The van der Waals surface area contributed by atoms with Gasteiger partial charge in [-0.3, -0.25) is 4.68 Å². The van der Waals surface area contributed by atoms with Crippen LogP contribution in [0.1, 0.15) is 46.2 Å². The molecule has 2 unspecified atom stereocenters. The van der Waals surface area contributed by atoms with E-state index in [4.69, 9.17) is 0 Å². The van der Waals surface area contributed by atoms with Gasteiger partial charge in [0.1, 0.15) is 0 Å². The molecule has 0 saturated carbocycles. The maximum atomic E-state index is 4.16. The van der Waals surface area contributed by atoms with Crippen LogP contribution in [0.2, 0.25) is 0 Å². The van der Waals surface area contributed by atoms with E-state index in [-0.39, 0.29) is 0 Å². The van der Waals surface area contributed by atoms with E-state index in [1.807, 2.05) is 20.3 Å². The Morgan fingerprint density at radius 1 is 1.39 bits per heavy atom. The van der Waals surface area contributed by atoms with Gasteiger partial charge < -0.3 is 5.32 Å². The summed E-state index contributed by atoms with van der Waals surface area (Å²) in [6.45, 7) is 9.26. The summed E-state index contributed by atoms with van der Waals surface area (Å²) in [4.78, 5) is 0. The fourth-order valence-electron chi connectivity index (χ4n) is 2.66. The second-order valence-corrected chi connectivity index (χ2v) is 6.68. The van der Waals surface area contributed by atoms with Crippen LogP contribution in [-0.4, -0.2) is 28.1 Å². The Kier molecular flexibility index (Phi) is 5.32. The number of rotatable bonds is 6. The molecule has 104 valence electrons. The predicted octanol–water partition coefficient (Wildman–Crippen LogP) is 2.41. The summed E-state index contributed by atoms with van der Waals surface area (Å²) in [5.74, 6) is 0.721. The van der Waals surface area contributed by atoms with Crippen molar-refractivity contribution in [3.63, 3.8) is 0 Å². The highest BCUT2D eigenvalue weighted by Gasteiger charge is 2.19. The molecule has 0 aliphatic heterocycles. The van der Waals surface area contributed by atoms with Crippen LogP contribution >= 0.6 is 0 Å². The Hall–Kier alpha value is -0.900. The molecule has 1 rings (SSSR count). The van der Waals surface area contributed by atoms with Crippen LogP contribution in [0.5, 0.6) is 0 Å². The second kappa shape index (κ2) is 6.32. The van der Waals surface area contributed by atoms with Crippen molar-refractivity contribution in [1.82, 2.24) is 20.3 Å². The third-order valence-corrected chi connectivity index (χ3v) is 3.16. The van der Waals surface area contributed by atoms with Gasteiger partial charge in [-0.05, 0) is 31.2 Å². The zero-order chi connectivity index (χ0) is 13.8. The largest absolute Gasteiger partial charge is 0.317 e. The first-order chi connectivity index (χ1) is 8.30. The molecule has 1 aromatic heterocycles. The molecule has 18 heavy (non-hydrogen) atoms. The van der Waals surface area contributed by atoms with Gasteiger partial charge in [-0.25, -0.2) is 0 Å². The number of aryl methyl sites for hydroxylation is 1. The smallest absolute Gasteiger partial charge is 0.0842 e. The summed E-state index contributed by atoms with van der Waals surface area (Å²) in [6, 6.07) is 0.485. The Balaban J connectivity index is 2.46. The van der Waals surface area contributed by atoms with E-state index >= 15 is 0 Å². The van der Waals surface area contributed by atoms with Crippen LogP contribution in [0.3, 0.4) is 0 Å². The van der Waals surface area contributed by atoms with Crippen LogP contribution < -0.4 is 5.32 Å². The first-order valence-corrected chi connectivity index (χ1v) is 6.82. The van der Waals surface area contributed by atoms with Gasteiger partial charge in [0.05, 0.1) is 5.69 Å². The van der Waals surface area contributed by atoms with Crippen LogP contribution in [-0.2, 0) is 13.5 Å². The molecule has 1 heterocycles. The Morgan fingerprint density at radius 3 is 2.50 bits per heavy atom. The van der Waals surface area contributed by atoms with E-state index in [0.717, 1.165) is 18.0 Å². The Bertz CT molecular complexity index is 351. The molecule has 0 radical (unpaired) electrons. The molecule has 0 aromatic carbocycles. The highest BCUT2D eigenvalue weighted by Crippen LogP contribution is 2.27. The number of hydrogen-bond donors (Lipinski definition) is 1. The zero-order valence-corrected chi connectivity index (χ0v) is 12.7. The number of aromatic nitrogens is 3. The number of hydrogen-bond acceptors (Lipinski definition) is 3. The highest BCUT2D eigenvalue weighted by molar-refractivity contribution is 4.95. The molecule has 0 aliphatic rings. The van der Waals surface area contributed by atoms with Crippen molar-refractivity contribution < 1.29 is 0 Å². The van der Waals surface area contributed by atoms with Crippen molar-refractivity contribution in [2.24, 2.45) is 18.4 Å².